The first kappa shape index (κ1) is 23.1. The van der Waals surface area contributed by atoms with Crippen LogP contribution in [0.2, 0.25) is 10.0 Å². The Kier molecular flexibility index (Phi) is 7.59. The molecule has 1 amide bonds. The average Bonchev–Trinajstić information content (AvgIpc) is 2.64. The second kappa shape index (κ2) is 9.53. The molecule has 0 aliphatic rings. The summed E-state index contributed by atoms with van der Waals surface area (Å²) >= 11 is 11.7. The highest BCUT2D eigenvalue weighted by Gasteiger charge is 2.26. The molecular weight excluding hydrogens is 441 g/mol. The van der Waals surface area contributed by atoms with Crippen molar-refractivity contribution < 1.29 is 22.7 Å². The Morgan fingerprint density at radius 3 is 2.45 bits per heavy atom. The van der Waals surface area contributed by atoms with E-state index in [4.69, 9.17) is 27.9 Å². The number of benzene rings is 1. The molecule has 1 unspecified atom stereocenters. The summed E-state index contributed by atoms with van der Waals surface area (Å²) in [7, 11) is -2.62. The fraction of sp³-hybridized carbons (Fsp3) is 0.278. The van der Waals surface area contributed by atoms with Crippen molar-refractivity contribution in [2.75, 3.05) is 18.9 Å². The van der Waals surface area contributed by atoms with Gasteiger partial charge in [0, 0.05) is 13.2 Å². The van der Waals surface area contributed by atoms with E-state index in [1.54, 1.807) is 12.1 Å². The largest absolute Gasteiger partial charge is 0.452 e. The lowest BCUT2D eigenvalue weighted by Gasteiger charge is -2.18. The number of pyridine rings is 1. The third kappa shape index (κ3) is 6.14. The van der Waals surface area contributed by atoms with Gasteiger partial charge in [-0.1, -0.05) is 40.9 Å². The molecular formula is C18H19Cl2N3O5S. The van der Waals surface area contributed by atoms with Crippen LogP contribution in [0.25, 0.3) is 0 Å². The molecule has 0 bridgehead atoms. The molecule has 29 heavy (non-hydrogen) atoms. The number of hydrogen-bond donors (Lipinski definition) is 1. The number of halogens is 2. The molecule has 0 spiro atoms. The predicted molar refractivity (Wildman–Crippen MR) is 109 cm³/mol. The maximum Gasteiger partial charge on any atom is 0.322 e. The summed E-state index contributed by atoms with van der Waals surface area (Å²) in [6, 6.07) is 7.60. The van der Waals surface area contributed by atoms with Crippen molar-refractivity contribution in [3.8, 4) is 0 Å². The van der Waals surface area contributed by atoms with Gasteiger partial charge in [-0.2, -0.15) is 4.31 Å². The molecule has 1 heterocycles. The molecule has 0 aliphatic heterocycles. The van der Waals surface area contributed by atoms with E-state index >= 15 is 0 Å². The van der Waals surface area contributed by atoms with Crippen LogP contribution in [0.3, 0.4) is 0 Å². The smallest absolute Gasteiger partial charge is 0.322 e. The quantitative estimate of drug-likeness (QED) is 0.637. The zero-order valence-corrected chi connectivity index (χ0v) is 18.2. The van der Waals surface area contributed by atoms with Crippen LogP contribution in [-0.2, 0) is 24.3 Å². The van der Waals surface area contributed by atoms with Crippen LogP contribution < -0.4 is 5.32 Å². The van der Waals surface area contributed by atoms with Crippen LogP contribution in [0, 0.1) is 6.92 Å². The molecule has 0 saturated carbocycles. The normalized spacial score (nSPS) is 12.5. The number of amides is 1. The fourth-order valence-electron chi connectivity index (χ4n) is 2.17. The summed E-state index contributed by atoms with van der Waals surface area (Å²) in [6.07, 6.45) is 0.0940. The highest BCUT2D eigenvalue weighted by atomic mass is 35.5. The summed E-state index contributed by atoms with van der Waals surface area (Å²) in [6.45, 7) is 2.61. The first-order valence-electron chi connectivity index (χ1n) is 8.35. The maximum absolute atomic E-state index is 12.5. The van der Waals surface area contributed by atoms with E-state index < -0.39 is 34.5 Å². The Labute approximate surface area is 178 Å². The molecule has 0 aliphatic carbocycles. The second-order valence-corrected chi connectivity index (χ2v) is 9.07. The van der Waals surface area contributed by atoms with Crippen molar-refractivity contribution in [3.05, 3.63) is 52.1 Å². The number of nitrogens with one attached hydrogen (secondary N) is 1. The Hall–Kier alpha value is -2.20. The van der Waals surface area contributed by atoms with E-state index in [2.05, 4.69) is 10.3 Å². The number of sulfonamides is 1. The summed E-state index contributed by atoms with van der Waals surface area (Å²) in [5.74, 6) is -1.51. The lowest BCUT2D eigenvalue weighted by molar-refractivity contribution is -0.153. The third-order valence-corrected chi connectivity index (χ3v) is 6.12. The molecule has 0 radical (unpaired) electrons. The van der Waals surface area contributed by atoms with Gasteiger partial charge in [-0.15, -0.1) is 0 Å². The van der Waals surface area contributed by atoms with Gasteiger partial charge in [-0.05, 0) is 32.0 Å². The Morgan fingerprint density at radius 1 is 1.24 bits per heavy atom. The van der Waals surface area contributed by atoms with Crippen LogP contribution >= 0.6 is 23.2 Å². The van der Waals surface area contributed by atoms with Crippen molar-refractivity contribution in [2.45, 2.75) is 24.8 Å². The van der Waals surface area contributed by atoms with E-state index in [1.165, 1.54) is 38.4 Å². The van der Waals surface area contributed by atoms with E-state index in [0.717, 1.165) is 9.87 Å². The van der Waals surface area contributed by atoms with Gasteiger partial charge in [0.05, 0.1) is 14.9 Å². The van der Waals surface area contributed by atoms with Crippen molar-refractivity contribution in [1.82, 2.24) is 9.29 Å². The number of rotatable bonds is 7. The molecule has 0 fully saturated rings. The fourth-order valence-corrected chi connectivity index (χ4v) is 3.71. The van der Waals surface area contributed by atoms with E-state index in [-0.39, 0.29) is 15.7 Å². The van der Waals surface area contributed by atoms with E-state index in [1.807, 2.05) is 6.92 Å². The molecule has 8 nitrogen and oxygen atoms in total. The molecule has 1 atom stereocenters. The molecule has 2 rings (SSSR count). The van der Waals surface area contributed by atoms with Gasteiger partial charge in [0.15, 0.2) is 11.9 Å². The summed E-state index contributed by atoms with van der Waals surface area (Å²) in [4.78, 5) is 28.2. The third-order valence-electron chi connectivity index (χ3n) is 3.81. The summed E-state index contributed by atoms with van der Waals surface area (Å²) < 4.78 is 30.9. The van der Waals surface area contributed by atoms with Gasteiger partial charge >= 0.3 is 5.97 Å². The highest BCUT2D eigenvalue weighted by Crippen LogP contribution is 2.22. The lowest BCUT2D eigenvalue weighted by atomic mass is 10.2. The molecule has 1 aromatic carbocycles. The molecule has 1 N–H and O–H groups in total. The zero-order valence-electron chi connectivity index (χ0n) is 15.8. The van der Waals surface area contributed by atoms with E-state index in [0.29, 0.717) is 5.02 Å². The molecule has 2 aromatic rings. The minimum absolute atomic E-state index is 0.0487. The molecule has 1 aromatic heterocycles. The van der Waals surface area contributed by atoms with E-state index in [9.17, 15) is 18.0 Å². The van der Waals surface area contributed by atoms with Crippen LogP contribution in [0.15, 0.2) is 41.4 Å². The number of anilines is 1. The predicted octanol–water partition coefficient (Wildman–Crippen LogP) is 2.89. The number of esters is 1. The molecule has 11 heteroatoms. The zero-order chi connectivity index (χ0) is 21.8. The number of aromatic nitrogens is 1. The first-order chi connectivity index (χ1) is 13.5. The standard InChI is InChI=1S/C18H19Cl2N3O5S/c1-11-4-6-14(7-5-11)29(26,27)23(3)10-16(24)28-12(2)18(25)22-17-15(20)8-13(19)9-21-17/h4-9,12H,10H2,1-3H3,(H,21,22,25). The Bertz CT molecular complexity index is 1010. The van der Waals surface area contributed by atoms with Gasteiger partial charge in [0.25, 0.3) is 5.91 Å². The molecule has 0 saturated heterocycles. The SMILES string of the molecule is Cc1ccc(S(=O)(=O)N(C)CC(=O)OC(C)C(=O)Nc2ncc(Cl)cc2Cl)cc1. The first-order valence-corrected chi connectivity index (χ1v) is 10.5. The molecule has 156 valence electrons. The second-order valence-electron chi connectivity index (χ2n) is 6.18. The minimum atomic E-state index is -3.87. The van der Waals surface area contributed by atoms with Gasteiger partial charge in [0.2, 0.25) is 10.0 Å². The van der Waals surface area contributed by atoms with Crippen LogP contribution in [0.5, 0.6) is 0 Å². The number of aryl methyl sites for hydroxylation is 1. The van der Waals surface area contributed by atoms with Crippen molar-refractivity contribution in [1.29, 1.82) is 0 Å². The highest BCUT2D eigenvalue weighted by molar-refractivity contribution is 7.89. The van der Waals surface area contributed by atoms with Crippen LogP contribution in [0.1, 0.15) is 12.5 Å². The number of carbonyl (C=O) groups is 2. The van der Waals surface area contributed by atoms with Crippen LogP contribution in [0.4, 0.5) is 5.82 Å². The van der Waals surface area contributed by atoms with Crippen LogP contribution in [-0.4, -0.2) is 49.3 Å². The van der Waals surface area contributed by atoms with Gasteiger partial charge in [0.1, 0.15) is 6.54 Å². The number of nitrogens with zero attached hydrogens (tertiary/aromatic N) is 2. The lowest BCUT2D eigenvalue weighted by Crippen LogP contribution is -2.37. The van der Waals surface area contributed by atoms with Gasteiger partial charge in [-0.3, -0.25) is 9.59 Å². The number of carbonyl (C=O) groups excluding carboxylic acids is 2. The topological polar surface area (TPSA) is 106 Å². The minimum Gasteiger partial charge on any atom is -0.452 e. The maximum atomic E-state index is 12.5. The Morgan fingerprint density at radius 2 is 1.86 bits per heavy atom. The summed E-state index contributed by atoms with van der Waals surface area (Å²) in [5, 5.41) is 2.82. The van der Waals surface area contributed by atoms with Gasteiger partial charge in [-0.25, -0.2) is 13.4 Å². The van der Waals surface area contributed by atoms with Gasteiger partial charge < -0.3 is 10.1 Å². The average molecular weight is 460 g/mol. The van der Waals surface area contributed by atoms with Crippen molar-refractivity contribution in [2.24, 2.45) is 0 Å². The number of ether oxygens (including phenoxy) is 1. The number of hydrogen-bond acceptors (Lipinski definition) is 6. The summed E-state index contributed by atoms with van der Waals surface area (Å²) in [5.41, 5.74) is 0.904. The number of likely N-dealkylation sites (N-methyl/N-ethyl adjacent to an activating group) is 1. The monoisotopic (exact) mass is 459 g/mol. The van der Waals surface area contributed by atoms with Crippen molar-refractivity contribution >= 4 is 50.9 Å². The Balaban J connectivity index is 1.96. The van der Waals surface area contributed by atoms with Crippen molar-refractivity contribution in [3.63, 3.8) is 0 Å².